The van der Waals surface area contributed by atoms with Gasteiger partial charge in [0.25, 0.3) is 5.91 Å². The molecule has 0 saturated carbocycles. The SMILES string of the molecule is O=C(CNc1ccc(Cl)cc1)NN=Cc1ccncc1. The molecule has 0 aliphatic rings. The van der Waals surface area contributed by atoms with E-state index in [1.165, 1.54) is 0 Å². The molecule has 2 N–H and O–H groups in total. The van der Waals surface area contributed by atoms with Crippen LogP contribution in [0.4, 0.5) is 5.69 Å². The number of carbonyl (C=O) groups excluding carboxylic acids is 1. The second-order valence-corrected chi connectivity index (χ2v) is 4.37. The standard InChI is InChI=1S/C14H13ClN4O/c15-12-1-3-13(4-2-12)17-10-14(20)19-18-9-11-5-7-16-8-6-11/h1-9,17H,10H2,(H,19,20). The maximum atomic E-state index is 11.5. The number of halogens is 1. The molecule has 0 saturated heterocycles. The topological polar surface area (TPSA) is 66.4 Å². The van der Waals surface area contributed by atoms with E-state index in [0.29, 0.717) is 5.02 Å². The second-order valence-electron chi connectivity index (χ2n) is 3.93. The highest BCUT2D eigenvalue weighted by atomic mass is 35.5. The Kier molecular flexibility index (Phi) is 5.08. The summed E-state index contributed by atoms with van der Waals surface area (Å²) in [6.45, 7) is 0.134. The quantitative estimate of drug-likeness (QED) is 0.655. The third kappa shape index (κ3) is 4.70. The molecule has 0 spiro atoms. The zero-order chi connectivity index (χ0) is 14.2. The summed E-state index contributed by atoms with van der Waals surface area (Å²) in [5.74, 6) is -0.231. The van der Waals surface area contributed by atoms with Crippen LogP contribution in [0.2, 0.25) is 5.02 Å². The maximum absolute atomic E-state index is 11.5. The van der Waals surface area contributed by atoms with Gasteiger partial charge in [-0.25, -0.2) is 5.43 Å². The molecule has 2 rings (SSSR count). The van der Waals surface area contributed by atoms with Gasteiger partial charge < -0.3 is 5.32 Å². The van der Waals surface area contributed by atoms with Crippen molar-refractivity contribution in [1.29, 1.82) is 0 Å². The highest BCUT2D eigenvalue weighted by Gasteiger charge is 1.99. The molecule has 0 radical (unpaired) electrons. The average Bonchev–Trinajstić information content (AvgIpc) is 2.48. The van der Waals surface area contributed by atoms with Gasteiger partial charge in [-0.1, -0.05) is 11.6 Å². The van der Waals surface area contributed by atoms with Gasteiger partial charge in [-0.05, 0) is 42.0 Å². The Bertz CT molecular complexity index is 584. The van der Waals surface area contributed by atoms with Gasteiger partial charge >= 0.3 is 0 Å². The first-order valence-corrected chi connectivity index (χ1v) is 6.33. The van der Waals surface area contributed by atoms with Crippen LogP contribution in [0.5, 0.6) is 0 Å². The van der Waals surface area contributed by atoms with Crippen LogP contribution in [0.3, 0.4) is 0 Å². The summed E-state index contributed by atoms with van der Waals surface area (Å²) >= 11 is 5.77. The van der Waals surface area contributed by atoms with Gasteiger partial charge in [-0.2, -0.15) is 5.10 Å². The van der Waals surface area contributed by atoms with E-state index in [2.05, 4.69) is 20.8 Å². The molecule has 20 heavy (non-hydrogen) atoms. The van der Waals surface area contributed by atoms with Gasteiger partial charge in [0.1, 0.15) is 0 Å². The Balaban J connectivity index is 1.76. The fraction of sp³-hybridized carbons (Fsp3) is 0.0714. The highest BCUT2D eigenvalue weighted by Crippen LogP contribution is 2.12. The zero-order valence-electron chi connectivity index (χ0n) is 10.6. The molecule has 1 aromatic carbocycles. The van der Waals surface area contributed by atoms with Gasteiger partial charge in [0.15, 0.2) is 0 Å². The first-order chi connectivity index (χ1) is 9.74. The number of nitrogens with one attached hydrogen (secondary N) is 2. The van der Waals surface area contributed by atoms with Gasteiger partial charge in [0, 0.05) is 23.1 Å². The third-order valence-corrected chi connectivity index (χ3v) is 2.66. The summed E-state index contributed by atoms with van der Waals surface area (Å²) in [7, 11) is 0. The minimum atomic E-state index is -0.231. The van der Waals surface area contributed by atoms with Gasteiger partial charge in [-0.3, -0.25) is 9.78 Å². The number of aromatic nitrogens is 1. The summed E-state index contributed by atoms with van der Waals surface area (Å²) in [6.07, 6.45) is 4.87. The van der Waals surface area contributed by atoms with Crippen LogP contribution < -0.4 is 10.7 Å². The number of hydrazone groups is 1. The Morgan fingerprint density at radius 1 is 1.20 bits per heavy atom. The fourth-order valence-corrected chi connectivity index (χ4v) is 1.54. The number of pyridine rings is 1. The van der Waals surface area contributed by atoms with Crippen molar-refractivity contribution in [3.8, 4) is 0 Å². The first kappa shape index (κ1) is 14.0. The molecule has 0 bridgehead atoms. The Labute approximate surface area is 121 Å². The maximum Gasteiger partial charge on any atom is 0.259 e. The monoisotopic (exact) mass is 288 g/mol. The number of benzene rings is 1. The summed E-state index contributed by atoms with van der Waals surface area (Å²) in [4.78, 5) is 15.4. The van der Waals surface area contributed by atoms with Crippen LogP contribution in [0.1, 0.15) is 5.56 Å². The number of nitrogens with zero attached hydrogens (tertiary/aromatic N) is 2. The summed E-state index contributed by atoms with van der Waals surface area (Å²) in [6, 6.07) is 10.7. The van der Waals surface area contributed by atoms with Crippen molar-refractivity contribution in [3.05, 3.63) is 59.4 Å². The Hall–Kier alpha value is -2.40. The lowest BCUT2D eigenvalue weighted by atomic mass is 10.3. The largest absolute Gasteiger partial charge is 0.376 e. The number of hydrogen-bond donors (Lipinski definition) is 2. The normalized spacial score (nSPS) is 10.4. The number of anilines is 1. The number of hydrogen-bond acceptors (Lipinski definition) is 4. The summed E-state index contributed by atoms with van der Waals surface area (Å²) in [5.41, 5.74) is 4.12. The van der Waals surface area contributed by atoms with Crippen LogP contribution in [-0.2, 0) is 4.79 Å². The van der Waals surface area contributed by atoms with Crippen LogP contribution >= 0.6 is 11.6 Å². The second kappa shape index (κ2) is 7.25. The van der Waals surface area contributed by atoms with E-state index >= 15 is 0 Å². The minimum Gasteiger partial charge on any atom is -0.376 e. The molecular formula is C14H13ClN4O. The number of amides is 1. The molecule has 0 aliphatic heterocycles. The molecular weight excluding hydrogens is 276 g/mol. The van der Waals surface area contributed by atoms with Crippen molar-refractivity contribution in [3.63, 3.8) is 0 Å². The van der Waals surface area contributed by atoms with Crippen LogP contribution in [0, 0.1) is 0 Å². The van der Waals surface area contributed by atoms with E-state index in [4.69, 9.17) is 11.6 Å². The van der Waals surface area contributed by atoms with Crippen LogP contribution in [-0.4, -0.2) is 23.7 Å². The van der Waals surface area contributed by atoms with Gasteiger partial charge in [0.2, 0.25) is 0 Å². The van der Waals surface area contributed by atoms with E-state index in [1.807, 2.05) is 0 Å². The van der Waals surface area contributed by atoms with E-state index in [1.54, 1.807) is 55.0 Å². The number of carbonyl (C=O) groups is 1. The van der Waals surface area contributed by atoms with Crippen molar-refractivity contribution >= 4 is 29.4 Å². The molecule has 5 nitrogen and oxygen atoms in total. The molecule has 102 valence electrons. The van der Waals surface area contributed by atoms with E-state index < -0.39 is 0 Å². The Morgan fingerprint density at radius 3 is 2.60 bits per heavy atom. The predicted octanol–water partition coefficient (Wildman–Crippen LogP) is 2.30. The molecule has 1 heterocycles. The zero-order valence-corrected chi connectivity index (χ0v) is 11.3. The smallest absolute Gasteiger partial charge is 0.259 e. The van der Waals surface area contributed by atoms with Crippen molar-refractivity contribution in [2.24, 2.45) is 5.10 Å². The van der Waals surface area contributed by atoms with E-state index in [0.717, 1.165) is 11.3 Å². The lowest BCUT2D eigenvalue weighted by molar-refractivity contribution is -0.119. The highest BCUT2D eigenvalue weighted by molar-refractivity contribution is 6.30. The molecule has 6 heteroatoms. The van der Waals surface area contributed by atoms with E-state index in [9.17, 15) is 4.79 Å². The lowest BCUT2D eigenvalue weighted by Crippen LogP contribution is -2.25. The van der Waals surface area contributed by atoms with Crippen molar-refractivity contribution in [2.45, 2.75) is 0 Å². The first-order valence-electron chi connectivity index (χ1n) is 5.95. The molecule has 1 aromatic heterocycles. The fourth-order valence-electron chi connectivity index (χ4n) is 1.42. The summed E-state index contributed by atoms with van der Waals surface area (Å²) < 4.78 is 0. The predicted molar refractivity (Wildman–Crippen MR) is 79.9 cm³/mol. The lowest BCUT2D eigenvalue weighted by Gasteiger charge is -2.04. The average molecular weight is 289 g/mol. The minimum absolute atomic E-state index is 0.134. The van der Waals surface area contributed by atoms with Gasteiger partial charge in [0.05, 0.1) is 12.8 Å². The molecule has 0 atom stereocenters. The van der Waals surface area contributed by atoms with Crippen molar-refractivity contribution < 1.29 is 4.79 Å². The van der Waals surface area contributed by atoms with E-state index in [-0.39, 0.29) is 12.5 Å². The third-order valence-electron chi connectivity index (χ3n) is 2.41. The van der Waals surface area contributed by atoms with Gasteiger partial charge in [-0.15, -0.1) is 0 Å². The van der Waals surface area contributed by atoms with Crippen molar-refractivity contribution in [1.82, 2.24) is 10.4 Å². The molecule has 0 aliphatic carbocycles. The van der Waals surface area contributed by atoms with Crippen LogP contribution in [0.15, 0.2) is 53.9 Å². The molecule has 2 aromatic rings. The number of rotatable bonds is 5. The van der Waals surface area contributed by atoms with Crippen molar-refractivity contribution in [2.75, 3.05) is 11.9 Å². The van der Waals surface area contributed by atoms with Crippen LogP contribution in [0.25, 0.3) is 0 Å². The Morgan fingerprint density at radius 2 is 1.90 bits per heavy atom. The molecule has 0 fully saturated rings. The summed E-state index contributed by atoms with van der Waals surface area (Å²) in [5, 5.41) is 7.47. The molecule has 0 unspecified atom stereocenters. The molecule has 1 amide bonds.